The summed E-state index contributed by atoms with van der Waals surface area (Å²) in [5.74, 6) is 1.66. The van der Waals surface area contributed by atoms with E-state index in [1.54, 1.807) is 13.1 Å². The van der Waals surface area contributed by atoms with Gasteiger partial charge in [-0.15, -0.1) is 6.42 Å². The van der Waals surface area contributed by atoms with E-state index in [0.717, 1.165) is 25.9 Å². The molecule has 6 rings (SSSR count). The standard InChI is InChI=1S/C27H21ClF2N4O/c1-3-18-21(29)7-4-14-8-17(35)9-19(23(14)18)25-24(30)22-13(2)26(28)33-27(20(22)12-32-25)34-15-5-6-16(34)11-31-10-15/h1,4,7-9,12,15-16,31,35H,5-6,10-11H2,2H3. The van der Waals surface area contributed by atoms with Crippen molar-refractivity contribution in [3.05, 3.63) is 58.4 Å². The van der Waals surface area contributed by atoms with Crippen LogP contribution in [0.15, 0.2) is 30.5 Å². The molecule has 2 bridgehead atoms. The first-order chi connectivity index (χ1) is 16.9. The van der Waals surface area contributed by atoms with E-state index in [1.807, 2.05) is 0 Å². The number of nitrogens with zero attached hydrogens (tertiary/aromatic N) is 3. The summed E-state index contributed by atoms with van der Waals surface area (Å²) in [7, 11) is 0. The Hall–Kier alpha value is -3.47. The number of nitrogens with one attached hydrogen (secondary N) is 1. The van der Waals surface area contributed by atoms with Crippen LogP contribution in [-0.4, -0.2) is 40.2 Å². The number of benzene rings is 2. The van der Waals surface area contributed by atoms with Gasteiger partial charge in [-0.05, 0) is 48.9 Å². The minimum absolute atomic E-state index is 0.0126. The maximum absolute atomic E-state index is 16.3. The third-order valence-corrected chi connectivity index (χ3v) is 7.59. The van der Waals surface area contributed by atoms with Gasteiger partial charge >= 0.3 is 0 Å². The highest BCUT2D eigenvalue weighted by Gasteiger charge is 2.38. The van der Waals surface area contributed by atoms with Gasteiger partial charge in [-0.1, -0.05) is 23.6 Å². The van der Waals surface area contributed by atoms with E-state index in [0.29, 0.717) is 32.9 Å². The highest BCUT2D eigenvalue weighted by Crippen LogP contribution is 2.42. The predicted molar refractivity (Wildman–Crippen MR) is 134 cm³/mol. The van der Waals surface area contributed by atoms with Crippen LogP contribution in [0.4, 0.5) is 14.6 Å². The number of aryl methyl sites for hydroxylation is 1. The number of fused-ring (bicyclic) bond motifs is 4. The first-order valence-electron chi connectivity index (χ1n) is 11.4. The van der Waals surface area contributed by atoms with Gasteiger partial charge in [0, 0.05) is 53.1 Å². The molecular formula is C27H21ClF2N4O. The van der Waals surface area contributed by atoms with Crippen LogP contribution in [0.5, 0.6) is 5.75 Å². The predicted octanol–water partition coefficient (Wildman–Crippen LogP) is 5.32. The third kappa shape index (κ3) is 3.24. The minimum Gasteiger partial charge on any atom is -0.508 e. The van der Waals surface area contributed by atoms with E-state index < -0.39 is 11.6 Å². The van der Waals surface area contributed by atoms with Crippen molar-refractivity contribution in [1.82, 2.24) is 15.3 Å². The molecule has 2 aromatic carbocycles. The van der Waals surface area contributed by atoms with Crippen molar-refractivity contribution < 1.29 is 13.9 Å². The number of halogens is 3. The zero-order chi connectivity index (χ0) is 24.4. The second kappa shape index (κ2) is 8.04. The molecular weight excluding hydrogens is 470 g/mol. The van der Waals surface area contributed by atoms with Crippen molar-refractivity contribution in [2.75, 3.05) is 18.0 Å². The first-order valence-corrected chi connectivity index (χ1v) is 11.8. The van der Waals surface area contributed by atoms with Crippen molar-refractivity contribution in [1.29, 1.82) is 0 Å². The van der Waals surface area contributed by atoms with Gasteiger partial charge in [-0.25, -0.2) is 13.8 Å². The van der Waals surface area contributed by atoms with E-state index in [4.69, 9.17) is 18.0 Å². The molecule has 4 heterocycles. The molecule has 0 aliphatic carbocycles. The van der Waals surface area contributed by atoms with Gasteiger partial charge in [-0.3, -0.25) is 4.98 Å². The largest absolute Gasteiger partial charge is 0.508 e. The van der Waals surface area contributed by atoms with Gasteiger partial charge in [0.15, 0.2) is 5.82 Å². The lowest BCUT2D eigenvalue weighted by atomic mass is 9.95. The van der Waals surface area contributed by atoms with Crippen LogP contribution in [0.1, 0.15) is 24.0 Å². The van der Waals surface area contributed by atoms with Gasteiger partial charge in [-0.2, -0.15) is 0 Å². The topological polar surface area (TPSA) is 61.3 Å². The van der Waals surface area contributed by atoms with Crippen molar-refractivity contribution in [2.24, 2.45) is 0 Å². The average Bonchev–Trinajstić information content (AvgIpc) is 3.08. The van der Waals surface area contributed by atoms with Gasteiger partial charge in [0.1, 0.15) is 28.2 Å². The van der Waals surface area contributed by atoms with Crippen LogP contribution in [-0.2, 0) is 0 Å². The van der Waals surface area contributed by atoms with Crippen LogP contribution in [0, 0.1) is 30.9 Å². The summed E-state index contributed by atoms with van der Waals surface area (Å²) in [5.41, 5.74) is 0.645. The Morgan fingerprint density at radius 3 is 2.63 bits per heavy atom. The number of anilines is 1. The molecule has 0 saturated carbocycles. The number of hydrogen-bond acceptors (Lipinski definition) is 5. The molecule has 35 heavy (non-hydrogen) atoms. The molecule has 2 N–H and O–H groups in total. The second-order valence-corrected chi connectivity index (χ2v) is 9.53. The van der Waals surface area contributed by atoms with E-state index in [9.17, 15) is 9.50 Å². The molecule has 8 heteroatoms. The summed E-state index contributed by atoms with van der Waals surface area (Å²) in [6, 6.07) is 6.05. The van der Waals surface area contributed by atoms with Crippen molar-refractivity contribution in [3.63, 3.8) is 0 Å². The number of piperazine rings is 1. The first kappa shape index (κ1) is 22.0. The van der Waals surface area contributed by atoms with Gasteiger partial charge in [0.05, 0.1) is 5.56 Å². The lowest BCUT2D eigenvalue weighted by molar-refractivity contribution is 0.476. The van der Waals surface area contributed by atoms with Gasteiger partial charge < -0.3 is 15.3 Å². The molecule has 0 spiro atoms. The zero-order valence-electron chi connectivity index (χ0n) is 18.9. The van der Waals surface area contributed by atoms with Gasteiger partial charge in [0.2, 0.25) is 0 Å². The normalized spacial score (nSPS) is 19.5. The summed E-state index contributed by atoms with van der Waals surface area (Å²) in [6.07, 6.45) is 9.24. The number of hydrogen-bond donors (Lipinski definition) is 2. The van der Waals surface area contributed by atoms with Crippen LogP contribution in [0.3, 0.4) is 0 Å². The highest BCUT2D eigenvalue weighted by atomic mass is 35.5. The van der Waals surface area contributed by atoms with E-state index >= 15 is 4.39 Å². The highest BCUT2D eigenvalue weighted by molar-refractivity contribution is 6.31. The van der Waals surface area contributed by atoms with E-state index in [-0.39, 0.29) is 39.8 Å². The van der Waals surface area contributed by atoms with E-state index in [1.165, 1.54) is 24.3 Å². The fourth-order valence-electron chi connectivity index (χ4n) is 5.62. The Morgan fingerprint density at radius 1 is 1.17 bits per heavy atom. The number of phenols is 1. The Kier molecular flexibility index (Phi) is 5.06. The molecule has 0 amide bonds. The number of phenolic OH excluding ortho intramolecular Hbond substituents is 1. The number of aromatic nitrogens is 2. The number of aromatic hydroxyl groups is 1. The molecule has 0 radical (unpaired) electrons. The molecule has 2 fully saturated rings. The summed E-state index contributed by atoms with van der Waals surface area (Å²) in [5, 5.41) is 15.7. The maximum atomic E-state index is 16.3. The fourth-order valence-corrected chi connectivity index (χ4v) is 5.80. The molecule has 2 unspecified atom stereocenters. The van der Waals surface area contributed by atoms with Crippen LogP contribution < -0.4 is 10.2 Å². The number of pyridine rings is 2. The molecule has 4 aromatic rings. The SMILES string of the molecule is C#Cc1c(F)ccc2cc(O)cc(-c3ncc4c(N5C6CCC5CNC6)nc(Cl)c(C)c4c3F)c12. The Labute approximate surface area is 205 Å². The molecule has 2 aromatic heterocycles. The molecule has 2 aliphatic heterocycles. The summed E-state index contributed by atoms with van der Waals surface area (Å²) in [6.45, 7) is 3.37. The second-order valence-electron chi connectivity index (χ2n) is 9.17. The Morgan fingerprint density at radius 2 is 1.91 bits per heavy atom. The van der Waals surface area contributed by atoms with Crippen molar-refractivity contribution in [3.8, 4) is 29.4 Å². The fraction of sp³-hybridized carbons (Fsp3) is 0.259. The number of terminal acetylenes is 1. The van der Waals surface area contributed by atoms with Crippen molar-refractivity contribution >= 4 is 39.0 Å². The van der Waals surface area contributed by atoms with E-state index in [2.05, 4.69) is 26.1 Å². The molecule has 176 valence electrons. The summed E-state index contributed by atoms with van der Waals surface area (Å²) in [4.78, 5) is 11.4. The number of rotatable bonds is 2. The monoisotopic (exact) mass is 490 g/mol. The summed E-state index contributed by atoms with van der Waals surface area (Å²) < 4.78 is 30.9. The smallest absolute Gasteiger partial charge is 0.157 e. The lowest BCUT2D eigenvalue weighted by Gasteiger charge is -2.37. The third-order valence-electron chi connectivity index (χ3n) is 7.22. The molecule has 2 saturated heterocycles. The molecule has 2 atom stereocenters. The zero-order valence-corrected chi connectivity index (χ0v) is 19.6. The van der Waals surface area contributed by atoms with Crippen LogP contribution >= 0.6 is 11.6 Å². The Balaban J connectivity index is 1.65. The molecule has 2 aliphatic rings. The van der Waals surface area contributed by atoms with Crippen molar-refractivity contribution in [2.45, 2.75) is 31.8 Å². The minimum atomic E-state index is -0.618. The molecule has 5 nitrogen and oxygen atoms in total. The average molecular weight is 491 g/mol. The summed E-state index contributed by atoms with van der Waals surface area (Å²) >= 11 is 6.53. The Bertz CT molecular complexity index is 1570. The van der Waals surface area contributed by atoms with Gasteiger partial charge in [0.25, 0.3) is 0 Å². The lowest BCUT2D eigenvalue weighted by Crippen LogP contribution is -2.52. The quantitative estimate of drug-likeness (QED) is 0.294. The van der Waals surface area contributed by atoms with Crippen LogP contribution in [0.2, 0.25) is 5.15 Å². The maximum Gasteiger partial charge on any atom is 0.157 e. The van der Waals surface area contributed by atoms with Crippen LogP contribution in [0.25, 0.3) is 32.8 Å².